The first-order valence-electron chi connectivity index (χ1n) is 8.29. The minimum Gasteiger partial charge on any atom is -0.497 e. The van der Waals surface area contributed by atoms with E-state index < -0.39 is 0 Å². The topological polar surface area (TPSA) is 85.4 Å². The first-order valence-corrected chi connectivity index (χ1v) is 8.29. The summed E-state index contributed by atoms with van der Waals surface area (Å²) in [6, 6.07) is 14.4. The van der Waals surface area contributed by atoms with Gasteiger partial charge in [-0.05, 0) is 37.3 Å². The molecule has 138 valence electrons. The molecule has 0 unspecified atom stereocenters. The van der Waals surface area contributed by atoms with Crippen molar-refractivity contribution in [2.24, 2.45) is 0 Å². The van der Waals surface area contributed by atoms with Crippen LogP contribution in [0.25, 0.3) is 0 Å². The first-order chi connectivity index (χ1) is 13.1. The molecule has 3 rings (SSSR count). The van der Waals surface area contributed by atoms with Crippen molar-refractivity contribution < 1.29 is 14.3 Å². The van der Waals surface area contributed by atoms with Crippen molar-refractivity contribution in [2.75, 3.05) is 24.9 Å². The molecule has 7 nitrogen and oxygen atoms in total. The number of aromatic nitrogens is 2. The molecule has 7 heteroatoms. The lowest BCUT2D eigenvalue weighted by atomic mass is 10.2. The second-order valence-corrected chi connectivity index (χ2v) is 5.78. The van der Waals surface area contributed by atoms with E-state index in [0.717, 1.165) is 5.56 Å². The number of carbonyl (C=O) groups excluding carboxylic acids is 1. The van der Waals surface area contributed by atoms with Crippen LogP contribution in [-0.4, -0.2) is 30.1 Å². The van der Waals surface area contributed by atoms with Crippen LogP contribution in [0.1, 0.15) is 16.1 Å². The molecule has 2 N–H and O–H groups in total. The molecular formula is C20H20N4O3. The van der Waals surface area contributed by atoms with Crippen molar-refractivity contribution >= 4 is 23.2 Å². The maximum atomic E-state index is 12.5. The van der Waals surface area contributed by atoms with Gasteiger partial charge < -0.3 is 20.1 Å². The molecule has 0 aliphatic heterocycles. The average Bonchev–Trinajstić information content (AvgIpc) is 2.70. The smallest absolute Gasteiger partial charge is 0.274 e. The Bertz CT molecular complexity index is 942. The highest BCUT2D eigenvalue weighted by molar-refractivity contribution is 6.03. The molecular weight excluding hydrogens is 344 g/mol. The van der Waals surface area contributed by atoms with Gasteiger partial charge in [0.2, 0.25) is 5.95 Å². The summed E-state index contributed by atoms with van der Waals surface area (Å²) in [5.74, 6) is 1.22. The van der Waals surface area contributed by atoms with Crippen molar-refractivity contribution in [3.8, 4) is 11.5 Å². The fraction of sp³-hybridized carbons (Fsp3) is 0.150. The number of benzene rings is 2. The van der Waals surface area contributed by atoms with E-state index in [1.54, 1.807) is 38.5 Å². The Labute approximate surface area is 157 Å². The Kier molecular flexibility index (Phi) is 5.51. The number of nitrogens with one attached hydrogen (secondary N) is 2. The largest absolute Gasteiger partial charge is 0.497 e. The zero-order valence-corrected chi connectivity index (χ0v) is 15.3. The molecule has 0 bridgehead atoms. The molecule has 0 saturated carbocycles. The summed E-state index contributed by atoms with van der Waals surface area (Å²) in [5.41, 5.74) is 2.70. The van der Waals surface area contributed by atoms with Gasteiger partial charge >= 0.3 is 0 Å². The van der Waals surface area contributed by atoms with Gasteiger partial charge in [-0.3, -0.25) is 4.79 Å². The van der Waals surface area contributed by atoms with Crippen LogP contribution >= 0.6 is 0 Å². The number of nitrogens with zero attached hydrogens (tertiary/aromatic N) is 2. The van der Waals surface area contributed by atoms with E-state index in [1.165, 1.54) is 6.20 Å². The average molecular weight is 364 g/mol. The lowest BCUT2D eigenvalue weighted by Crippen LogP contribution is -2.14. The molecule has 0 fully saturated rings. The normalized spacial score (nSPS) is 10.2. The number of hydrogen-bond acceptors (Lipinski definition) is 6. The molecule has 0 spiro atoms. The molecule has 1 heterocycles. The first kappa shape index (κ1) is 18.2. The van der Waals surface area contributed by atoms with E-state index in [4.69, 9.17) is 9.47 Å². The maximum absolute atomic E-state index is 12.5. The molecule has 2 aromatic carbocycles. The summed E-state index contributed by atoms with van der Waals surface area (Å²) < 4.78 is 10.6. The van der Waals surface area contributed by atoms with E-state index in [-0.39, 0.29) is 17.5 Å². The Balaban J connectivity index is 1.79. The third-order valence-electron chi connectivity index (χ3n) is 3.85. The Morgan fingerprint density at radius 1 is 1.00 bits per heavy atom. The number of rotatable bonds is 6. The van der Waals surface area contributed by atoms with Crippen molar-refractivity contribution in [3.63, 3.8) is 0 Å². The van der Waals surface area contributed by atoms with Gasteiger partial charge in [0.25, 0.3) is 5.91 Å². The third kappa shape index (κ3) is 4.52. The SMILES string of the molecule is COc1ccc(OC)c(Nc2nccc(C(=O)Nc3ccc(C)cc3)n2)c1. The Hall–Kier alpha value is -3.61. The molecule has 0 radical (unpaired) electrons. The van der Waals surface area contributed by atoms with Crippen molar-refractivity contribution in [1.82, 2.24) is 9.97 Å². The summed E-state index contributed by atoms with van der Waals surface area (Å²) >= 11 is 0. The number of methoxy groups -OCH3 is 2. The Morgan fingerprint density at radius 2 is 1.78 bits per heavy atom. The van der Waals surface area contributed by atoms with Crippen molar-refractivity contribution in [1.29, 1.82) is 0 Å². The summed E-state index contributed by atoms with van der Waals surface area (Å²) in [6.07, 6.45) is 1.52. The van der Waals surface area contributed by atoms with Gasteiger partial charge in [0.1, 0.15) is 17.2 Å². The van der Waals surface area contributed by atoms with Crippen LogP contribution < -0.4 is 20.1 Å². The number of anilines is 3. The van der Waals surface area contributed by atoms with Gasteiger partial charge in [-0.25, -0.2) is 9.97 Å². The number of hydrogen-bond donors (Lipinski definition) is 2. The van der Waals surface area contributed by atoms with Gasteiger partial charge in [0, 0.05) is 18.0 Å². The molecule has 0 aliphatic rings. The second kappa shape index (κ2) is 8.18. The number of aryl methyl sites for hydroxylation is 1. The third-order valence-corrected chi connectivity index (χ3v) is 3.85. The highest BCUT2D eigenvalue weighted by Gasteiger charge is 2.11. The fourth-order valence-corrected chi connectivity index (χ4v) is 2.41. The number of carbonyl (C=O) groups is 1. The quantitative estimate of drug-likeness (QED) is 0.692. The van der Waals surface area contributed by atoms with Crippen molar-refractivity contribution in [2.45, 2.75) is 6.92 Å². The molecule has 1 aromatic heterocycles. The van der Waals surface area contributed by atoms with Crippen molar-refractivity contribution in [3.05, 3.63) is 66.0 Å². The van der Waals surface area contributed by atoms with Gasteiger partial charge in [-0.15, -0.1) is 0 Å². The van der Waals surface area contributed by atoms with Crippen LogP contribution in [0.4, 0.5) is 17.3 Å². The molecule has 27 heavy (non-hydrogen) atoms. The van der Waals surface area contributed by atoms with Crippen LogP contribution in [0.15, 0.2) is 54.7 Å². The van der Waals surface area contributed by atoms with Gasteiger partial charge in [0.05, 0.1) is 19.9 Å². The van der Waals surface area contributed by atoms with Crippen LogP contribution in [0.2, 0.25) is 0 Å². The van der Waals surface area contributed by atoms with E-state index in [1.807, 2.05) is 31.2 Å². The Morgan fingerprint density at radius 3 is 2.48 bits per heavy atom. The number of ether oxygens (including phenoxy) is 2. The lowest BCUT2D eigenvalue weighted by molar-refractivity contribution is 0.102. The zero-order chi connectivity index (χ0) is 19.2. The maximum Gasteiger partial charge on any atom is 0.274 e. The predicted octanol–water partition coefficient (Wildman–Crippen LogP) is 3.80. The molecule has 3 aromatic rings. The summed E-state index contributed by atoms with van der Waals surface area (Å²) in [6.45, 7) is 1.99. The van der Waals surface area contributed by atoms with Crippen LogP contribution in [0.5, 0.6) is 11.5 Å². The minimum absolute atomic E-state index is 0.245. The van der Waals surface area contributed by atoms with Gasteiger partial charge in [-0.2, -0.15) is 0 Å². The van der Waals surface area contributed by atoms with Gasteiger partial charge in [-0.1, -0.05) is 17.7 Å². The number of amides is 1. The molecule has 1 amide bonds. The fourth-order valence-electron chi connectivity index (χ4n) is 2.41. The molecule has 0 aliphatic carbocycles. The summed E-state index contributed by atoms with van der Waals surface area (Å²) in [5, 5.41) is 5.87. The summed E-state index contributed by atoms with van der Waals surface area (Å²) in [4.78, 5) is 20.9. The predicted molar refractivity (Wildman–Crippen MR) is 104 cm³/mol. The zero-order valence-electron chi connectivity index (χ0n) is 15.3. The minimum atomic E-state index is -0.318. The standard InChI is InChI=1S/C20H20N4O3/c1-13-4-6-14(7-5-13)22-19(25)16-10-11-21-20(23-16)24-17-12-15(26-2)8-9-18(17)27-3/h4-12H,1-3H3,(H,22,25)(H,21,23,24). The van der Waals surface area contributed by atoms with E-state index >= 15 is 0 Å². The summed E-state index contributed by atoms with van der Waals surface area (Å²) in [7, 11) is 3.15. The highest BCUT2D eigenvalue weighted by Crippen LogP contribution is 2.30. The van der Waals surface area contributed by atoms with E-state index in [9.17, 15) is 4.79 Å². The van der Waals surface area contributed by atoms with E-state index in [2.05, 4.69) is 20.6 Å². The molecule has 0 atom stereocenters. The van der Waals surface area contributed by atoms with Crippen LogP contribution in [0.3, 0.4) is 0 Å². The highest BCUT2D eigenvalue weighted by atomic mass is 16.5. The lowest BCUT2D eigenvalue weighted by Gasteiger charge is -2.12. The van der Waals surface area contributed by atoms with Crippen LogP contribution in [0, 0.1) is 6.92 Å². The van der Waals surface area contributed by atoms with Gasteiger partial charge in [0.15, 0.2) is 0 Å². The second-order valence-electron chi connectivity index (χ2n) is 5.78. The molecule has 0 saturated heterocycles. The van der Waals surface area contributed by atoms with Crippen LogP contribution in [-0.2, 0) is 0 Å². The van der Waals surface area contributed by atoms with E-state index in [0.29, 0.717) is 22.9 Å². The monoisotopic (exact) mass is 364 g/mol.